The Bertz CT molecular complexity index is 682. The van der Waals surface area contributed by atoms with Gasteiger partial charge < -0.3 is 10.6 Å². The fourth-order valence-electron chi connectivity index (χ4n) is 1.70. The van der Waals surface area contributed by atoms with E-state index in [1.54, 1.807) is 0 Å². The van der Waals surface area contributed by atoms with Crippen LogP contribution in [0.3, 0.4) is 0 Å². The minimum atomic E-state index is -0.828. The predicted octanol–water partition coefficient (Wildman–Crippen LogP) is 2.47. The lowest BCUT2D eigenvalue weighted by atomic mass is 10.2. The van der Waals surface area contributed by atoms with Gasteiger partial charge in [0.05, 0.1) is 6.54 Å². The van der Waals surface area contributed by atoms with Crippen LogP contribution in [0.25, 0.3) is 0 Å². The molecule has 0 spiro atoms. The van der Waals surface area contributed by atoms with Crippen molar-refractivity contribution in [3.8, 4) is 0 Å². The molecule has 0 fully saturated rings. The van der Waals surface area contributed by atoms with E-state index in [2.05, 4.69) is 10.6 Å². The molecule has 0 aliphatic rings. The first-order chi connectivity index (χ1) is 10.4. The Hall–Kier alpha value is -2.83. The first-order valence-electron chi connectivity index (χ1n) is 6.24. The highest BCUT2D eigenvalue weighted by atomic mass is 19.1. The van der Waals surface area contributed by atoms with Gasteiger partial charge in [-0.05, 0) is 36.4 Å². The van der Waals surface area contributed by atoms with Gasteiger partial charge in [-0.25, -0.2) is 13.2 Å². The number of hydrogen-bond donors (Lipinski definition) is 2. The summed E-state index contributed by atoms with van der Waals surface area (Å²) in [5, 5.41) is 4.55. The molecular formula is C15H11F3N2O2. The third-order valence-corrected chi connectivity index (χ3v) is 2.66. The molecule has 0 radical (unpaired) electrons. The van der Waals surface area contributed by atoms with E-state index in [9.17, 15) is 22.8 Å². The molecule has 0 aliphatic carbocycles. The fourth-order valence-corrected chi connectivity index (χ4v) is 1.70. The van der Waals surface area contributed by atoms with Gasteiger partial charge in [-0.2, -0.15) is 0 Å². The van der Waals surface area contributed by atoms with Crippen LogP contribution >= 0.6 is 0 Å². The average Bonchev–Trinajstić information content (AvgIpc) is 2.44. The Morgan fingerprint density at radius 2 is 1.45 bits per heavy atom. The molecule has 2 aromatic carbocycles. The van der Waals surface area contributed by atoms with E-state index < -0.39 is 35.8 Å². The minimum absolute atomic E-state index is 0.0569. The Morgan fingerprint density at radius 3 is 2.05 bits per heavy atom. The van der Waals surface area contributed by atoms with Gasteiger partial charge in [0.1, 0.15) is 17.5 Å². The smallest absolute Gasteiger partial charge is 0.251 e. The quantitative estimate of drug-likeness (QED) is 0.911. The molecular weight excluding hydrogens is 297 g/mol. The van der Waals surface area contributed by atoms with Crippen molar-refractivity contribution in [1.29, 1.82) is 0 Å². The van der Waals surface area contributed by atoms with Gasteiger partial charge in [-0.15, -0.1) is 0 Å². The summed E-state index contributed by atoms with van der Waals surface area (Å²) in [6, 6.07) is 7.33. The number of amides is 2. The number of carbonyl (C=O) groups excluding carboxylic acids is 2. The van der Waals surface area contributed by atoms with E-state index >= 15 is 0 Å². The van der Waals surface area contributed by atoms with E-state index in [0.29, 0.717) is 6.07 Å². The van der Waals surface area contributed by atoms with Crippen molar-refractivity contribution in [2.45, 2.75) is 0 Å². The second kappa shape index (κ2) is 6.75. The highest BCUT2D eigenvalue weighted by Gasteiger charge is 2.09. The molecule has 0 bridgehead atoms. The molecule has 22 heavy (non-hydrogen) atoms. The molecule has 0 aromatic heterocycles. The van der Waals surface area contributed by atoms with Crippen LogP contribution < -0.4 is 10.6 Å². The van der Waals surface area contributed by atoms with Crippen LogP contribution in [0.15, 0.2) is 42.5 Å². The van der Waals surface area contributed by atoms with Crippen molar-refractivity contribution in [2.24, 2.45) is 0 Å². The standard InChI is InChI=1S/C15H11F3N2O2/c16-10-3-1-9(2-4-10)15(22)19-8-14(21)20-13-6-11(17)5-12(18)7-13/h1-7H,8H2,(H,19,22)(H,20,21). The number of nitrogens with one attached hydrogen (secondary N) is 2. The summed E-state index contributed by atoms with van der Waals surface area (Å²) in [5.41, 5.74) is 0.129. The zero-order valence-electron chi connectivity index (χ0n) is 11.2. The summed E-state index contributed by atoms with van der Waals surface area (Å²) in [7, 11) is 0. The SMILES string of the molecule is O=C(CNC(=O)c1ccc(F)cc1)Nc1cc(F)cc(F)c1. The summed E-state index contributed by atoms with van der Waals surface area (Å²) in [6.45, 7) is -0.395. The van der Waals surface area contributed by atoms with Gasteiger partial charge in [0.25, 0.3) is 5.91 Å². The molecule has 2 rings (SSSR count). The Kier molecular flexibility index (Phi) is 4.77. The molecule has 7 heteroatoms. The van der Waals surface area contributed by atoms with Gasteiger partial charge in [0, 0.05) is 17.3 Å². The molecule has 0 unspecified atom stereocenters. The second-order valence-corrected chi connectivity index (χ2v) is 4.40. The van der Waals surface area contributed by atoms with E-state index in [0.717, 1.165) is 24.3 Å². The molecule has 2 amide bonds. The van der Waals surface area contributed by atoms with Crippen molar-refractivity contribution in [3.05, 3.63) is 65.5 Å². The average molecular weight is 308 g/mol. The number of benzene rings is 2. The van der Waals surface area contributed by atoms with Crippen LogP contribution in [0.5, 0.6) is 0 Å². The summed E-state index contributed by atoms with van der Waals surface area (Å²) in [4.78, 5) is 23.3. The molecule has 0 atom stereocenters. The Morgan fingerprint density at radius 1 is 0.864 bits per heavy atom. The summed E-state index contributed by atoms with van der Waals surface area (Å²) in [5.74, 6) is -3.36. The third-order valence-electron chi connectivity index (χ3n) is 2.66. The van der Waals surface area contributed by atoms with Crippen LogP contribution in [0.2, 0.25) is 0 Å². The molecule has 0 saturated heterocycles. The maximum atomic E-state index is 13.0. The highest BCUT2D eigenvalue weighted by Crippen LogP contribution is 2.12. The lowest BCUT2D eigenvalue weighted by molar-refractivity contribution is -0.115. The highest BCUT2D eigenvalue weighted by molar-refractivity contribution is 5.99. The van der Waals surface area contributed by atoms with E-state index in [-0.39, 0.29) is 11.3 Å². The van der Waals surface area contributed by atoms with Crippen LogP contribution in [0, 0.1) is 17.5 Å². The van der Waals surface area contributed by atoms with E-state index in [1.807, 2.05) is 0 Å². The van der Waals surface area contributed by atoms with E-state index in [1.165, 1.54) is 12.1 Å². The monoisotopic (exact) mass is 308 g/mol. The molecule has 2 N–H and O–H groups in total. The number of halogens is 3. The maximum absolute atomic E-state index is 13.0. The number of hydrogen-bond acceptors (Lipinski definition) is 2. The number of carbonyl (C=O) groups is 2. The van der Waals surface area contributed by atoms with Crippen molar-refractivity contribution < 1.29 is 22.8 Å². The van der Waals surface area contributed by atoms with Crippen LogP contribution in [0.1, 0.15) is 10.4 Å². The largest absolute Gasteiger partial charge is 0.343 e. The lowest BCUT2D eigenvalue weighted by Gasteiger charge is -2.07. The van der Waals surface area contributed by atoms with Crippen LogP contribution in [-0.2, 0) is 4.79 Å². The lowest BCUT2D eigenvalue weighted by Crippen LogP contribution is -2.32. The minimum Gasteiger partial charge on any atom is -0.343 e. The fraction of sp³-hybridized carbons (Fsp3) is 0.0667. The van der Waals surface area contributed by atoms with Gasteiger partial charge in [-0.1, -0.05) is 0 Å². The van der Waals surface area contributed by atoms with Crippen molar-refractivity contribution in [3.63, 3.8) is 0 Å². The van der Waals surface area contributed by atoms with Crippen molar-refractivity contribution in [1.82, 2.24) is 5.32 Å². The molecule has 0 aliphatic heterocycles. The zero-order chi connectivity index (χ0) is 16.1. The molecule has 4 nitrogen and oxygen atoms in total. The summed E-state index contributed by atoms with van der Waals surface area (Å²) in [6.07, 6.45) is 0. The third kappa shape index (κ3) is 4.34. The second-order valence-electron chi connectivity index (χ2n) is 4.40. The van der Waals surface area contributed by atoms with Crippen molar-refractivity contribution in [2.75, 3.05) is 11.9 Å². The molecule has 0 heterocycles. The first kappa shape index (κ1) is 15.6. The number of rotatable bonds is 4. The summed E-state index contributed by atoms with van der Waals surface area (Å²) < 4.78 is 38.6. The Labute approximate surface area is 124 Å². The maximum Gasteiger partial charge on any atom is 0.251 e. The van der Waals surface area contributed by atoms with Crippen LogP contribution in [-0.4, -0.2) is 18.4 Å². The normalized spacial score (nSPS) is 10.1. The molecule has 2 aromatic rings. The predicted molar refractivity (Wildman–Crippen MR) is 73.7 cm³/mol. The number of anilines is 1. The zero-order valence-corrected chi connectivity index (χ0v) is 11.2. The van der Waals surface area contributed by atoms with Crippen molar-refractivity contribution >= 4 is 17.5 Å². The topological polar surface area (TPSA) is 58.2 Å². The van der Waals surface area contributed by atoms with Gasteiger partial charge >= 0.3 is 0 Å². The Balaban J connectivity index is 1.89. The molecule has 0 saturated carbocycles. The summed E-state index contributed by atoms with van der Waals surface area (Å²) >= 11 is 0. The van der Waals surface area contributed by atoms with Crippen LogP contribution in [0.4, 0.5) is 18.9 Å². The van der Waals surface area contributed by atoms with E-state index in [4.69, 9.17) is 0 Å². The molecule has 114 valence electrons. The van der Waals surface area contributed by atoms with Gasteiger partial charge in [0.15, 0.2) is 0 Å². The van der Waals surface area contributed by atoms with Gasteiger partial charge in [0.2, 0.25) is 5.91 Å². The van der Waals surface area contributed by atoms with Gasteiger partial charge in [-0.3, -0.25) is 9.59 Å². The first-order valence-corrected chi connectivity index (χ1v) is 6.24.